The van der Waals surface area contributed by atoms with Crippen LogP contribution in [0.25, 0.3) is 0 Å². The zero-order chi connectivity index (χ0) is 12.7. The largest absolute Gasteiger partial charge is 0.396 e. The Morgan fingerprint density at radius 2 is 1.82 bits per heavy atom. The van der Waals surface area contributed by atoms with Crippen LogP contribution in [0.15, 0.2) is 0 Å². The number of nitrogens with zero attached hydrogens (tertiary/aromatic N) is 1. The molecule has 0 aromatic carbocycles. The highest BCUT2D eigenvalue weighted by Gasteiger charge is 2.27. The van der Waals surface area contributed by atoms with Crippen molar-refractivity contribution in [3.8, 4) is 0 Å². The first kappa shape index (κ1) is 14.9. The summed E-state index contributed by atoms with van der Waals surface area (Å²) in [4.78, 5) is 2.40. The highest BCUT2D eigenvalue weighted by molar-refractivity contribution is 4.80. The van der Waals surface area contributed by atoms with Gasteiger partial charge in [-0.25, -0.2) is 0 Å². The predicted octanol–water partition coefficient (Wildman–Crippen LogP) is 2.14. The molecule has 1 aliphatic rings. The lowest BCUT2D eigenvalue weighted by Crippen LogP contribution is -2.40. The van der Waals surface area contributed by atoms with Crippen LogP contribution in [0, 0.1) is 11.3 Å². The zero-order valence-electron chi connectivity index (χ0n) is 11.7. The molecule has 0 radical (unpaired) electrons. The quantitative estimate of drug-likeness (QED) is 0.743. The molecule has 0 aromatic rings. The Bertz CT molecular complexity index is 190. The minimum absolute atomic E-state index is 0.0971. The van der Waals surface area contributed by atoms with Crippen molar-refractivity contribution in [2.45, 2.75) is 39.5 Å². The van der Waals surface area contributed by atoms with Crippen LogP contribution in [0.5, 0.6) is 0 Å². The van der Waals surface area contributed by atoms with Crippen LogP contribution in [0.2, 0.25) is 0 Å². The second kappa shape index (κ2) is 7.34. The highest BCUT2D eigenvalue weighted by Crippen LogP contribution is 2.27. The molecule has 0 unspecified atom stereocenters. The maximum atomic E-state index is 9.58. The molecule has 0 saturated carbocycles. The van der Waals surface area contributed by atoms with Crippen molar-refractivity contribution in [3.05, 3.63) is 0 Å². The molecule has 1 fully saturated rings. The summed E-state index contributed by atoms with van der Waals surface area (Å²) in [6.45, 7) is 8.66. The van der Waals surface area contributed by atoms with Crippen LogP contribution in [-0.2, 0) is 4.74 Å². The predicted molar refractivity (Wildman–Crippen MR) is 71.1 cm³/mol. The second-order valence-corrected chi connectivity index (χ2v) is 5.62. The third kappa shape index (κ3) is 4.57. The van der Waals surface area contributed by atoms with E-state index in [4.69, 9.17) is 4.74 Å². The van der Waals surface area contributed by atoms with Gasteiger partial charge in [0.2, 0.25) is 0 Å². The summed E-state index contributed by atoms with van der Waals surface area (Å²) in [6, 6.07) is 0. The molecule has 1 N–H and O–H groups in total. The molecule has 17 heavy (non-hydrogen) atoms. The van der Waals surface area contributed by atoms with E-state index in [9.17, 15) is 5.11 Å². The van der Waals surface area contributed by atoms with Gasteiger partial charge in [0.15, 0.2) is 0 Å². The van der Waals surface area contributed by atoms with E-state index in [-0.39, 0.29) is 5.41 Å². The minimum atomic E-state index is 0.0971. The monoisotopic (exact) mass is 243 g/mol. The van der Waals surface area contributed by atoms with Crippen molar-refractivity contribution in [1.29, 1.82) is 0 Å². The molecule has 3 nitrogen and oxygen atoms in total. The van der Waals surface area contributed by atoms with Crippen LogP contribution in [0.4, 0.5) is 0 Å². The van der Waals surface area contributed by atoms with Gasteiger partial charge in [-0.2, -0.15) is 0 Å². The van der Waals surface area contributed by atoms with Crippen molar-refractivity contribution in [2.24, 2.45) is 11.3 Å². The van der Waals surface area contributed by atoms with Crippen LogP contribution >= 0.6 is 0 Å². The van der Waals surface area contributed by atoms with Gasteiger partial charge in [-0.15, -0.1) is 0 Å². The van der Waals surface area contributed by atoms with Crippen LogP contribution < -0.4 is 0 Å². The minimum Gasteiger partial charge on any atom is -0.396 e. The molecule has 0 spiro atoms. The van der Waals surface area contributed by atoms with E-state index in [1.807, 2.05) is 0 Å². The summed E-state index contributed by atoms with van der Waals surface area (Å²) in [5.74, 6) is 0.777. The number of aliphatic hydroxyl groups is 1. The Kier molecular flexibility index (Phi) is 6.45. The molecule has 0 atom stereocenters. The number of rotatable bonds is 7. The number of hydrogen-bond acceptors (Lipinski definition) is 3. The van der Waals surface area contributed by atoms with Gasteiger partial charge < -0.3 is 14.7 Å². The first-order valence-corrected chi connectivity index (χ1v) is 7.03. The summed E-state index contributed by atoms with van der Waals surface area (Å²) in [5.41, 5.74) is 0.0971. The molecule has 3 heteroatoms. The van der Waals surface area contributed by atoms with Gasteiger partial charge >= 0.3 is 0 Å². The van der Waals surface area contributed by atoms with Crippen molar-refractivity contribution in [1.82, 2.24) is 4.90 Å². The van der Waals surface area contributed by atoms with Crippen molar-refractivity contribution >= 4 is 0 Å². The lowest BCUT2D eigenvalue weighted by atomic mass is 9.82. The molecule has 0 aromatic heterocycles. The standard InChI is InChI=1S/C14H29NO2/c1-4-14(5-2,12-16)11-15(3)10-13-6-8-17-9-7-13/h13,16H,4-12H2,1-3H3. The van der Waals surface area contributed by atoms with E-state index in [0.717, 1.165) is 45.1 Å². The topological polar surface area (TPSA) is 32.7 Å². The maximum absolute atomic E-state index is 9.58. The fourth-order valence-electron chi connectivity index (χ4n) is 2.75. The van der Waals surface area contributed by atoms with E-state index in [1.54, 1.807) is 0 Å². The number of aliphatic hydroxyl groups excluding tert-OH is 1. The molecule has 1 rings (SSSR count). The molecule has 0 aliphatic carbocycles. The first-order chi connectivity index (χ1) is 8.15. The van der Waals surface area contributed by atoms with Crippen LogP contribution in [0.1, 0.15) is 39.5 Å². The van der Waals surface area contributed by atoms with Gasteiger partial charge in [-0.1, -0.05) is 13.8 Å². The lowest BCUT2D eigenvalue weighted by molar-refractivity contribution is 0.0369. The summed E-state index contributed by atoms with van der Waals surface area (Å²) < 4.78 is 5.39. The number of hydrogen-bond donors (Lipinski definition) is 1. The Hall–Kier alpha value is -0.120. The molecular weight excluding hydrogens is 214 g/mol. The lowest BCUT2D eigenvalue weighted by Gasteiger charge is -2.36. The normalized spacial score (nSPS) is 18.9. The Morgan fingerprint density at radius 1 is 1.24 bits per heavy atom. The average molecular weight is 243 g/mol. The van der Waals surface area contributed by atoms with Gasteiger partial charge in [-0.3, -0.25) is 0 Å². The maximum Gasteiger partial charge on any atom is 0.0499 e. The Labute approximate surface area is 106 Å². The van der Waals surface area contributed by atoms with Crippen molar-refractivity contribution < 1.29 is 9.84 Å². The van der Waals surface area contributed by atoms with Crippen molar-refractivity contribution in [2.75, 3.05) is 40.0 Å². The van der Waals surface area contributed by atoms with Crippen LogP contribution in [0.3, 0.4) is 0 Å². The SMILES string of the molecule is CCC(CC)(CO)CN(C)CC1CCOCC1. The van der Waals surface area contributed by atoms with Gasteiger partial charge in [0.1, 0.15) is 0 Å². The van der Waals surface area contributed by atoms with E-state index in [2.05, 4.69) is 25.8 Å². The summed E-state index contributed by atoms with van der Waals surface area (Å²) in [5, 5.41) is 9.58. The van der Waals surface area contributed by atoms with E-state index < -0.39 is 0 Å². The van der Waals surface area contributed by atoms with Gasteiger partial charge in [0.25, 0.3) is 0 Å². The molecule has 1 heterocycles. The molecule has 0 bridgehead atoms. The summed E-state index contributed by atoms with van der Waals surface area (Å²) in [6.07, 6.45) is 4.49. The average Bonchev–Trinajstić information content (AvgIpc) is 2.37. The van der Waals surface area contributed by atoms with Gasteiger partial charge in [0, 0.05) is 38.3 Å². The fraction of sp³-hybridized carbons (Fsp3) is 1.00. The Balaban J connectivity index is 2.38. The van der Waals surface area contributed by atoms with Gasteiger partial charge in [0.05, 0.1) is 0 Å². The zero-order valence-corrected chi connectivity index (χ0v) is 11.7. The molecule has 0 amide bonds. The first-order valence-electron chi connectivity index (χ1n) is 7.03. The summed E-state index contributed by atoms with van der Waals surface area (Å²) >= 11 is 0. The van der Waals surface area contributed by atoms with E-state index >= 15 is 0 Å². The Morgan fingerprint density at radius 3 is 2.29 bits per heavy atom. The molecule has 102 valence electrons. The van der Waals surface area contributed by atoms with Crippen molar-refractivity contribution in [3.63, 3.8) is 0 Å². The number of ether oxygens (including phenoxy) is 1. The highest BCUT2D eigenvalue weighted by atomic mass is 16.5. The van der Waals surface area contributed by atoms with E-state index in [1.165, 1.54) is 12.8 Å². The fourth-order valence-corrected chi connectivity index (χ4v) is 2.75. The molecular formula is C14H29NO2. The van der Waals surface area contributed by atoms with Gasteiger partial charge in [-0.05, 0) is 38.6 Å². The van der Waals surface area contributed by atoms with E-state index in [0.29, 0.717) is 6.61 Å². The van der Waals surface area contributed by atoms with Crippen LogP contribution in [-0.4, -0.2) is 50.0 Å². The second-order valence-electron chi connectivity index (χ2n) is 5.62. The smallest absolute Gasteiger partial charge is 0.0499 e. The third-order valence-electron chi connectivity index (χ3n) is 4.35. The summed E-state index contributed by atoms with van der Waals surface area (Å²) in [7, 11) is 2.19. The molecule has 1 aliphatic heterocycles. The molecule has 1 saturated heterocycles. The third-order valence-corrected chi connectivity index (χ3v) is 4.35.